The highest BCUT2D eigenvalue weighted by Gasteiger charge is 2.24. The lowest BCUT2D eigenvalue weighted by Crippen LogP contribution is -2.43. The molecule has 1 aromatic rings. The lowest BCUT2D eigenvalue weighted by atomic mass is 10.1. The van der Waals surface area contributed by atoms with Crippen LogP contribution in [0.15, 0.2) is 30.3 Å². The lowest BCUT2D eigenvalue weighted by Gasteiger charge is -2.30. The molecule has 0 aromatic heterocycles. The fraction of sp³-hybridized carbons (Fsp3) is 0.417. The van der Waals surface area contributed by atoms with Crippen LogP contribution in [0.5, 0.6) is 0 Å². The van der Waals surface area contributed by atoms with Crippen LogP contribution in [0.4, 0.5) is 5.69 Å². The van der Waals surface area contributed by atoms with Crippen molar-refractivity contribution < 1.29 is 4.79 Å². The summed E-state index contributed by atoms with van der Waals surface area (Å²) in [5.41, 5.74) is 1.02. The van der Waals surface area contributed by atoms with E-state index in [4.69, 9.17) is 0 Å². The molecule has 2 heteroatoms. The average molecular weight is 191 g/mol. The number of rotatable bonds is 1. The van der Waals surface area contributed by atoms with Gasteiger partial charge in [0.2, 0.25) is 5.91 Å². The van der Waals surface area contributed by atoms with E-state index in [2.05, 4.69) is 13.8 Å². The number of carbonyl (C=O) groups is 1. The van der Waals surface area contributed by atoms with Crippen LogP contribution in [0.1, 0.15) is 26.7 Å². The van der Waals surface area contributed by atoms with Crippen molar-refractivity contribution in [3.63, 3.8) is 0 Å². The van der Waals surface area contributed by atoms with E-state index in [-0.39, 0.29) is 5.91 Å². The van der Waals surface area contributed by atoms with Gasteiger partial charge in [0.15, 0.2) is 0 Å². The molecule has 2 rings (SSSR count). The van der Waals surface area contributed by atoms with E-state index in [1.54, 1.807) is 4.90 Å². The third-order valence-electron chi connectivity index (χ3n) is 1.92. The standard InChI is InChI=1S/C9H9NO.C3H8/c11-9-6-7-10(9)8-4-2-1-3-5-8;1-3-2/h1-5H,6-7H2;3H2,1-2H3. The number of anilines is 1. The predicted molar refractivity (Wildman–Crippen MR) is 59.4 cm³/mol. The summed E-state index contributed by atoms with van der Waals surface area (Å²) < 4.78 is 0. The number of hydrogen-bond donors (Lipinski definition) is 0. The van der Waals surface area contributed by atoms with Gasteiger partial charge >= 0.3 is 0 Å². The second-order valence-corrected chi connectivity index (χ2v) is 3.34. The molecule has 1 fully saturated rings. The van der Waals surface area contributed by atoms with Gasteiger partial charge in [0.05, 0.1) is 0 Å². The molecule has 1 aliphatic heterocycles. The lowest BCUT2D eigenvalue weighted by molar-refractivity contribution is -0.122. The van der Waals surface area contributed by atoms with Gasteiger partial charge in [0, 0.05) is 18.7 Å². The van der Waals surface area contributed by atoms with Crippen LogP contribution in [0.3, 0.4) is 0 Å². The molecule has 14 heavy (non-hydrogen) atoms. The molecule has 1 heterocycles. The van der Waals surface area contributed by atoms with Gasteiger partial charge in [-0.1, -0.05) is 38.5 Å². The Bertz CT molecular complexity index is 282. The maximum atomic E-state index is 11.0. The van der Waals surface area contributed by atoms with Gasteiger partial charge in [-0.05, 0) is 12.1 Å². The molecule has 1 amide bonds. The van der Waals surface area contributed by atoms with Crippen molar-refractivity contribution in [2.75, 3.05) is 11.4 Å². The number of carbonyl (C=O) groups excluding carboxylic acids is 1. The zero-order valence-electron chi connectivity index (χ0n) is 8.86. The molecule has 0 aliphatic carbocycles. The zero-order valence-corrected chi connectivity index (χ0v) is 8.86. The molecular formula is C12H17NO. The normalized spacial score (nSPS) is 14.1. The Morgan fingerprint density at radius 2 is 1.79 bits per heavy atom. The Labute approximate surface area is 85.5 Å². The zero-order chi connectivity index (χ0) is 10.4. The van der Waals surface area contributed by atoms with Crippen molar-refractivity contribution in [3.8, 4) is 0 Å². The largest absolute Gasteiger partial charge is 0.312 e. The van der Waals surface area contributed by atoms with Crippen molar-refractivity contribution in [1.82, 2.24) is 0 Å². The Balaban J connectivity index is 0.000000293. The summed E-state index contributed by atoms with van der Waals surface area (Å²) in [6.45, 7) is 5.13. The minimum absolute atomic E-state index is 0.233. The summed E-state index contributed by atoms with van der Waals surface area (Å²) >= 11 is 0. The Kier molecular flexibility index (Phi) is 4.17. The van der Waals surface area contributed by atoms with E-state index < -0.39 is 0 Å². The van der Waals surface area contributed by atoms with E-state index in [0.29, 0.717) is 6.42 Å². The fourth-order valence-electron chi connectivity index (χ4n) is 1.20. The first-order valence-corrected chi connectivity index (χ1v) is 5.15. The Hall–Kier alpha value is -1.31. The second-order valence-electron chi connectivity index (χ2n) is 3.34. The summed E-state index contributed by atoms with van der Waals surface area (Å²) in [5, 5.41) is 0. The van der Waals surface area contributed by atoms with Crippen LogP contribution < -0.4 is 4.90 Å². The monoisotopic (exact) mass is 191 g/mol. The number of β-lactam (4-membered cyclic amide) rings is 1. The van der Waals surface area contributed by atoms with Gasteiger partial charge in [-0.25, -0.2) is 0 Å². The molecule has 0 saturated carbocycles. The average Bonchev–Trinajstić information content (AvgIpc) is 2.18. The molecule has 0 atom stereocenters. The van der Waals surface area contributed by atoms with Crippen molar-refractivity contribution in [3.05, 3.63) is 30.3 Å². The van der Waals surface area contributed by atoms with Crippen molar-refractivity contribution in [2.24, 2.45) is 0 Å². The van der Waals surface area contributed by atoms with E-state index >= 15 is 0 Å². The van der Waals surface area contributed by atoms with Gasteiger partial charge in [0.1, 0.15) is 0 Å². The van der Waals surface area contributed by atoms with Crippen LogP contribution in [-0.4, -0.2) is 12.5 Å². The van der Waals surface area contributed by atoms with E-state index in [9.17, 15) is 4.79 Å². The number of amides is 1. The van der Waals surface area contributed by atoms with Crippen LogP contribution in [0, 0.1) is 0 Å². The molecular weight excluding hydrogens is 174 g/mol. The third-order valence-corrected chi connectivity index (χ3v) is 1.92. The molecule has 0 N–H and O–H groups in total. The van der Waals surface area contributed by atoms with Crippen LogP contribution in [0.25, 0.3) is 0 Å². The van der Waals surface area contributed by atoms with E-state index in [1.165, 1.54) is 6.42 Å². The quantitative estimate of drug-likeness (QED) is 0.625. The van der Waals surface area contributed by atoms with E-state index in [0.717, 1.165) is 12.2 Å². The second kappa shape index (κ2) is 5.43. The first-order valence-electron chi connectivity index (χ1n) is 5.15. The van der Waals surface area contributed by atoms with Crippen molar-refractivity contribution in [1.29, 1.82) is 0 Å². The molecule has 0 bridgehead atoms. The molecule has 0 spiro atoms. The Morgan fingerprint density at radius 3 is 2.14 bits per heavy atom. The SMILES string of the molecule is CCC.O=C1CCN1c1ccccc1. The summed E-state index contributed by atoms with van der Waals surface area (Å²) in [7, 11) is 0. The molecule has 0 unspecified atom stereocenters. The third kappa shape index (κ3) is 2.59. The highest BCUT2D eigenvalue weighted by molar-refractivity contribution is 5.99. The fourth-order valence-corrected chi connectivity index (χ4v) is 1.20. The highest BCUT2D eigenvalue weighted by Crippen LogP contribution is 2.20. The number of para-hydroxylation sites is 1. The van der Waals surface area contributed by atoms with E-state index in [1.807, 2.05) is 30.3 Å². The first kappa shape index (κ1) is 10.8. The maximum Gasteiger partial charge on any atom is 0.228 e. The van der Waals surface area contributed by atoms with Gasteiger partial charge < -0.3 is 4.90 Å². The van der Waals surface area contributed by atoms with Gasteiger partial charge in [0.25, 0.3) is 0 Å². The minimum atomic E-state index is 0.233. The van der Waals surface area contributed by atoms with Gasteiger partial charge in [-0.3, -0.25) is 4.79 Å². The number of benzene rings is 1. The molecule has 76 valence electrons. The molecule has 1 saturated heterocycles. The minimum Gasteiger partial charge on any atom is -0.312 e. The van der Waals surface area contributed by atoms with Crippen LogP contribution >= 0.6 is 0 Å². The van der Waals surface area contributed by atoms with Crippen LogP contribution in [-0.2, 0) is 4.79 Å². The molecule has 1 aromatic carbocycles. The van der Waals surface area contributed by atoms with Gasteiger partial charge in [-0.2, -0.15) is 0 Å². The number of nitrogens with zero attached hydrogens (tertiary/aromatic N) is 1. The summed E-state index contributed by atoms with van der Waals surface area (Å²) in [5.74, 6) is 0.233. The van der Waals surface area contributed by atoms with Gasteiger partial charge in [-0.15, -0.1) is 0 Å². The van der Waals surface area contributed by atoms with Crippen molar-refractivity contribution >= 4 is 11.6 Å². The number of hydrogen-bond acceptors (Lipinski definition) is 1. The molecule has 2 nitrogen and oxygen atoms in total. The topological polar surface area (TPSA) is 20.3 Å². The van der Waals surface area contributed by atoms with Crippen LogP contribution in [0.2, 0.25) is 0 Å². The molecule has 1 aliphatic rings. The maximum absolute atomic E-state index is 11.0. The summed E-state index contributed by atoms with van der Waals surface area (Å²) in [6.07, 6.45) is 1.95. The molecule has 0 radical (unpaired) electrons. The first-order chi connectivity index (χ1) is 6.79. The highest BCUT2D eigenvalue weighted by atomic mass is 16.2. The summed E-state index contributed by atoms with van der Waals surface area (Å²) in [6, 6.07) is 9.75. The summed E-state index contributed by atoms with van der Waals surface area (Å²) in [4.78, 5) is 12.7. The predicted octanol–water partition coefficient (Wildman–Crippen LogP) is 2.84. The Morgan fingerprint density at radius 1 is 1.21 bits per heavy atom. The smallest absolute Gasteiger partial charge is 0.228 e. The van der Waals surface area contributed by atoms with Crippen molar-refractivity contribution in [2.45, 2.75) is 26.7 Å².